The van der Waals surface area contributed by atoms with E-state index in [1.54, 1.807) is 64.2 Å². The molecule has 0 unspecified atom stereocenters. The standard InChI is InChI=1S/C35H35N2O/c1-20(2)30-19-37(7)31(14-22(30)4)32-21(3)8-11-28-27-13-12-26(29(18-36)33(27)38-34(28)32)23-9-10-24-16-35(5,6)17-25(24)15-23/h8-15,19-20H,16-17H2,1-7H3/q+1/i4D3,16D2,17D2,20D. The predicted molar refractivity (Wildman–Crippen MR) is 155 cm³/mol. The number of hydrogen-bond acceptors (Lipinski definition) is 2. The van der Waals surface area contributed by atoms with E-state index in [-0.39, 0.29) is 16.7 Å². The second-order valence-corrected chi connectivity index (χ2v) is 10.9. The summed E-state index contributed by atoms with van der Waals surface area (Å²) in [5, 5.41) is 11.9. The van der Waals surface area contributed by atoms with Crippen molar-refractivity contribution in [1.29, 1.82) is 5.26 Å². The first-order valence-electron chi connectivity index (χ1n) is 16.7. The van der Waals surface area contributed by atoms with Crippen LogP contribution in [0.25, 0.3) is 44.3 Å². The SMILES string of the molecule is [2H]C([2H])([2H])c1cc(-c2c(C)ccc3c2oc2c(C#N)c(-c4ccc5c(c4)C([2H])([2H])C(C)(C)C5([2H])[2H])ccc23)[n+](C)cc1C([2H])(C)C. The molecule has 0 radical (unpaired) electrons. The predicted octanol–water partition coefficient (Wildman–Crippen LogP) is 8.48. The van der Waals surface area contributed by atoms with Crippen molar-refractivity contribution in [2.75, 3.05) is 0 Å². The van der Waals surface area contributed by atoms with Gasteiger partial charge in [0.25, 0.3) is 0 Å². The maximum Gasteiger partial charge on any atom is 0.216 e. The number of nitriles is 1. The van der Waals surface area contributed by atoms with Crippen molar-refractivity contribution in [3.05, 3.63) is 88.1 Å². The van der Waals surface area contributed by atoms with E-state index in [1.165, 1.54) is 0 Å². The van der Waals surface area contributed by atoms with Gasteiger partial charge in [-0.05, 0) is 71.7 Å². The molecule has 0 spiro atoms. The largest absolute Gasteiger partial charge is 0.454 e. The molecule has 0 bridgehead atoms. The third-order valence-electron chi connectivity index (χ3n) is 7.42. The van der Waals surface area contributed by atoms with Gasteiger partial charge in [-0.2, -0.15) is 5.26 Å². The van der Waals surface area contributed by atoms with Crippen LogP contribution in [0.1, 0.15) is 77.9 Å². The molecule has 0 saturated carbocycles. The molecule has 0 amide bonds. The lowest BCUT2D eigenvalue weighted by Gasteiger charge is -2.14. The number of fused-ring (bicyclic) bond motifs is 4. The molecule has 0 saturated heterocycles. The van der Waals surface area contributed by atoms with Gasteiger partial charge in [-0.15, -0.1) is 0 Å². The van der Waals surface area contributed by atoms with Gasteiger partial charge in [0.05, 0.1) is 5.56 Å². The average molecular weight is 508 g/mol. The van der Waals surface area contributed by atoms with Crippen LogP contribution in [-0.4, -0.2) is 0 Å². The van der Waals surface area contributed by atoms with Gasteiger partial charge in [-0.3, -0.25) is 0 Å². The molecule has 1 aliphatic rings. The summed E-state index contributed by atoms with van der Waals surface area (Å²) >= 11 is 0. The number of benzene rings is 3. The molecule has 0 aliphatic heterocycles. The summed E-state index contributed by atoms with van der Waals surface area (Å²) in [6, 6.07) is 16.4. The Morgan fingerprint density at radius 1 is 1.03 bits per heavy atom. The van der Waals surface area contributed by atoms with E-state index in [0.29, 0.717) is 50.1 Å². The highest BCUT2D eigenvalue weighted by atomic mass is 16.3. The van der Waals surface area contributed by atoms with Crippen LogP contribution in [-0.2, 0) is 19.8 Å². The van der Waals surface area contributed by atoms with Crippen LogP contribution in [0.5, 0.6) is 0 Å². The van der Waals surface area contributed by atoms with Crippen LogP contribution >= 0.6 is 0 Å². The van der Waals surface area contributed by atoms with Crippen LogP contribution < -0.4 is 4.57 Å². The van der Waals surface area contributed by atoms with Crippen LogP contribution in [0.4, 0.5) is 0 Å². The third-order valence-corrected chi connectivity index (χ3v) is 7.42. The summed E-state index contributed by atoms with van der Waals surface area (Å²) < 4.78 is 76.7. The lowest BCUT2D eigenvalue weighted by molar-refractivity contribution is -0.660. The maximum absolute atomic E-state index is 10.5. The van der Waals surface area contributed by atoms with E-state index in [1.807, 2.05) is 36.7 Å². The Labute approximate surface area is 236 Å². The number of aryl methyl sites for hydroxylation is 3. The van der Waals surface area contributed by atoms with Crippen molar-refractivity contribution >= 4 is 21.9 Å². The van der Waals surface area contributed by atoms with Crippen molar-refractivity contribution in [2.45, 2.75) is 60.1 Å². The smallest absolute Gasteiger partial charge is 0.216 e. The van der Waals surface area contributed by atoms with E-state index >= 15 is 0 Å². The molecule has 3 heteroatoms. The quantitative estimate of drug-likeness (QED) is 0.230. The fourth-order valence-electron chi connectivity index (χ4n) is 5.60. The Bertz CT molecular complexity index is 2140. The Hall–Kier alpha value is -3.90. The van der Waals surface area contributed by atoms with Crippen molar-refractivity contribution in [3.8, 4) is 28.5 Å². The minimum Gasteiger partial charge on any atom is -0.454 e. The van der Waals surface area contributed by atoms with Gasteiger partial charge < -0.3 is 4.42 Å². The van der Waals surface area contributed by atoms with E-state index in [0.717, 1.165) is 10.9 Å². The highest BCUT2D eigenvalue weighted by Gasteiger charge is 2.29. The molecule has 3 nitrogen and oxygen atoms in total. The molecule has 6 rings (SSSR count). The summed E-state index contributed by atoms with van der Waals surface area (Å²) in [4.78, 5) is 0. The summed E-state index contributed by atoms with van der Waals surface area (Å²) in [5.41, 5.74) is 4.10. The minimum atomic E-state index is -2.45. The average Bonchev–Trinajstić information content (AvgIpc) is 3.37. The Morgan fingerprint density at radius 3 is 2.50 bits per heavy atom. The van der Waals surface area contributed by atoms with E-state index in [9.17, 15) is 5.26 Å². The number of pyridine rings is 1. The van der Waals surface area contributed by atoms with Gasteiger partial charge in [0.2, 0.25) is 5.69 Å². The summed E-state index contributed by atoms with van der Waals surface area (Å²) in [6.07, 6.45) is -2.14. The fourth-order valence-corrected chi connectivity index (χ4v) is 5.60. The molecule has 5 aromatic rings. The van der Waals surface area contributed by atoms with Gasteiger partial charge in [-0.1, -0.05) is 64.1 Å². The zero-order valence-electron chi connectivity index (χ0n) is 30.5. The van der Waals surface area contributed by atoms with Gasteiger partial charge in [0, 0.05) is 38.9 Å². The first-order chi connectivity index (χ1) is 21.1. The zero-order valence-corrected chi connectivity index (χ0v) is 22.5. The second-order valence-electron chi connectivity index (χ2n) is 10.9. The topological polar surface area (TPSA) is 40.8 Å². The molecule has 0 fully saturated rings. The first-order valence-corrected chi connectivity index (χ1v) is 12.7. The highest BCUT2D eigenvalue weighted by molar-refractivity contribution is 6.12. The molecular weight excluding hydrogens is 464 g/mol. The van der Waals surface area contributed by atoms with Crippen molar-refractivity contribution in [3.63, 3.8) is 0 Å². The third kappa shape index (κ3) is 3.74. The highest BCUT2D eigenvalue weighted by Crippen LogP contribution is 2.42. The monoisotopic (exact) mass is 507 g/mol. The number of furan rings is 1. The van der Waals surface area contributed by atoms with Crippen molar-refractivity contribution in [2.24, 2.45) is 12.5 Å². The van der Waals surface area contributed by atoms with E-state index in [4.69, 9.17) is 15.4 Å². The van der Waals surface area contributed by atoms with Crippen LogP contribution in [0.3, 0.4) is 0 Å². The molecule has 0 atom stereocenters. The Morgan fingerprint density at radius 2 is 1.76 bits per heavy atom. The lowest BCUT2D eigenvalue weighted by atomic mass is 9.90. The maximum atomic E-state index is 10.5. The Balaban J connectivity index is 1.61. The van der Waals surface area contributed by atoms with Crippen LogP contribution in [0.2, 0.25) is 0 Å². The number of aromatic nitrogens is 1. The molecule has 190 valence electrons. The Kier molecular flexibility index (Phi) is 3.80. The fraction of sp³-hybridized carbons (Fsp3) is 0.314. The molecule has 2 heterocycles. The number of nitrogens with zero attached hydrogens (tertiary/aromatic N) is 2. The molecular formula is C35H35N2O+. The number of rotatable bonds is 3. The first kappa shape index (κ1) is 16.8. The zero-order chi connectivity index (χ0) is 33.9. The van der Waals surface area contributed by atoms with Crippen LogP contribution in [0.15, 0.2) is 59.1 Å². The molecule has 1 aliphatic carbocycles. The van der Waals surface area contributed by atoms with Crippen molar-refractivity contribution in [1.82, 2.24) is 0 Å². The molecule has 2 aromatic heterocycles. The molecule has 3 aromatic carbocycles. The second kappa shape index (κ2) is 8.57. The molecule has 0 N–H and O–H groups in total. The normalized spacial score (nSPS) is 20.8. The number of hydrogen-bond donors (Lipinski definition) is 0. The van der Waals surface area contributed by atoms with Crippen molar-refractivity contribution < 1.29 is 20.0 Å². The van der Waals surface area contributed by atoms with Gasteiger partial charge in [-0.25, -0.2) is 4.57 Å². The van der Waals surface area contributed by atoms with Gasteiger partial charge in [0.15, 0.2) is 11.8 Å². The summed E-state index contributed by atoms with van der Waals surface area (Å²) in [5.74, 6) is -1.14. The van der Waals surface area contributed by atoms with Gasteiger partial charge >= 0.3 is 0 Å². The van der Waals surface area contributed by atoms with E-state index < -0.39 is 30.9 Å². The van der Waals surface area contributed by atoms with E-state index in [2.05, 4.69) is 6.07 Å². The summed E-state index contributed by atoms with van der Waals surface area (Å²) in [7, 11) is 1.81. The molecule has 38 heavy (non-hydrogen) atoms. The van der Waals surface area contributed by atoms with Gasteiger partial charge in [0.1, 0.15) is 24.3 Å². The lowest BCUT2D eigenvalue weighted by Crippen LogP contribution is -2.32. The minimum absolute atomic E-state index is 0.0946. The summed E-state index contributed by atoms with van der Waals surface area (Å²) in [6.45, 7) is 5.97. The van der Waals surface area contributed by atoms with Crippen LogP contribution in [0, 0.1) is 30.5 Å².